The molecule has 2 aromatic carbocycles. The van der Waals surface area contributed by atoms with Crippen molar-refractivity contribution in [2.24, 2.45) is 4.99 Å². The minimum Gasteiger partial charge on any atom is -0.497 e. The first-order valence-corrected chi connectivity index (χ1v) is 9.65. The number of methoxy groups -OCH3 is 1. The molecule has 8 nitrogen and oxygen atoms in total. The molecule has 0 aliphatic heterocycles. The summed E-state index contributed by atoms with van der Waals surface area (Å²) in [5, 5.41) is 13.3. The van der Waals surface area contributed by atoms with Crippen molar-refractivity contribution < 1.29 is 22.6 Å². The molecule has 0 radical (unpaired) electrons. The second-order valence-corrected chi connectivity index (χ2v) is 6.66. The van der Waals surface area contributed by atoms with E-state index in [1.807, 2.05) is 24.3 Å². The third-order valence-electron chi connectivity index (χ3n) is 4.31. The first-order chi connectivity index (χ1) is 15.4. The summed E-state index contributed by atoms with van der Waals surface area (Å²) in [6.07, 6.45) is -4.36. The van der Waals surface area contributed by atoms with Crippen molar-refractivity contribution >= 4 is 29.9 Å². The van der Waals surface area contributed by atoms with Crippen LogP contribution in [0.2, 0.25) is 0 Å². The first-order valence-electron chi connectivity index (χ1n) is 9.65. The SMILES string of the molecule is CN=C(NCc1ccc(OCC(F)(F)F)cc1)NCc1nc(-c2ccc(OC)cc2)n[nH]1.I. The van der Waals surface area contributed by atoms with Crippen molar-refractivity contribution in [3.63, 3.8) is 0 Å². The molecule has 0 unspecified atom stereocenters. The van der Waals surface area contributed by atoms with Crippen molar-refractivity contribution in [2.75, 3.05) is 20.8 Å². The summed E-state index contributed by atoms with van der Waals surface area (Å²) in [5.41, 5.74) is 1.72. The predicted octanol–water partition coefficient (Wildman–Crippen LogP) is 3.90. The molecule has 12 heteroatoms. The summed E-state index contributed by atoms with van der Waals surface area (Å²) in [6.45, 7) is -0.525. The fourth-order valence-corrected chi connectivity index (χ4v) is 2.69. The summed E-state index contributed by atoms with van der Waals surface area (Å²) in [4.78, 5) is 8.60. The van der Waals surface area contributed by atoms with E-state index in [4.69, 9.17) is 9.47 Å². The smallest absolute Gasteiger partial charge is 0.422 e. The summed E-state index contributed by atoms with van der Waals surface area (Å²) in [7, 11) is 3.24. The van der Waals surface area contributed by atoms with Gasteiger partial charge < -0.3 is 20.1 Å². The Kier molecular flexibility index (Phi) is 9.75. The van der Waals surface area contributed by atoms with Crippen LogP contribution in [0.1, 0.15) is 11.4 Å². The van der Waals surface area contributed by atoms with Gasteiger partial charge in [0.2, 0.25) is 0 Å². The van der Waals surface area contributed by atoms with E-state index in [9.17, 15) is 13.2 Å². The van der Waals surface area contributed by atoms with Crippen LogP contribution < -0.4 is 20.1 Å². The largest absolute Gasteiger partial charge is 0.497 e. The van der Waals surface area contributed by atoms with Gasteiger partial charge in [-0.15, -0.1) is 24.0 Å². The number of nitrogens with one attached hydrogen (secondary N) is 3. The van der Waals surface area contributed by atoms with E-state index in [0.29, 0.717) is 30.7 Å². The van der Waals surface area contributed by atoms with Gasteiger partial charge in [0, 0.05) is 19.2 Å². The molecule has 3 rings (SSSR count). The van der Waals surface area contributed by atoms with Crippen molar-refractivity contribution in [2.45, 2.75) is 19.3 Å². The normalized spacial score (nSPS) is 11.5. The van der Waals surface area contributed by atoms with Crippen molar-refractivity contribution in [1.82, 2.24) is 25.8 Å². The summed E-state index contributed by atoms with van der Waals surface area (Å²) in [6, 6.07) is 13.8. The van der Waals surface area contributed by atoms with Crippen LogP contribution in [0.3, 0.4) is 0 Å². The number of hydrogen-bond acceptors (Lipinski definition) is 5. The molecule has 0 aliphatic carbocycles. The maximum absolute atomic E-state index is 12.2. The lowest BCUT2D eigenvalue weighted by atomic mass is 10.2. The molecule has 0 atom stereocenters. The molecule has 178 valence electrons. The van der Waals surface area contributed by atoms with E-state index < -0.39 is 12.8 Å². The van der Waals surface area contributed by atoms with E-state index >= 15 is 0 Å². The molecule has 3 aromatic rings. The standard InChI is InChI=1S/C21H23F3N6O2.HI/c1-25-20(26-11-14-3-7-17(8-4-14)32-13-21(22,23)24)27-12-18-28-19(30-29-18)15-5-9-16(31-2)10-6-15;/h3-10H,11-13H2,1-2H3,(H2,25,26,27)(H,28,29,30);1H. The maximum atomic E-state index is 12.2. The maximum Gasteiger partial charge on any atom is 0.422 e. The zero-order valence-corrected chi connectivity index (χ0v) is 20.3. The Labute approximate surface area is 206 Å². The highest BCUT2D eigenvalue weighted by Crippen LogP contribution is 2.20. The number of guanidine groups is 1. The topological polar surface area (TPSA) is 96.5 Å². The van der Waals surface area contributed by atoms with Crippen LogP contribution in [0.15, 0.2) is 53.5 Å². The number of aromatic amines is 1. The third-order valence-corrected chi connectivity index (χ3v) is 4.31. The van der Waals surface area contributed by atoms with Gasteiger partial charge in [-0.1, -0.05) is 12.1 Å². The molecule has 3 N–H and O–H groups in total. The number of aliphatic imine (C=N–C) groups is 1. The molecule has 0 bridgehead atoms. The van der Waals surface area contributed by atoms with Gasteiger partial charge in [-0.25, -0.2) is 4.98 Å². The number of nitrogens with zero attached hydrogens (tertiary/aromatic N) is 3. The number of H-pyrrole nitrogens is 1. The monoisotopic (exact) mass is 576 g/mol. The van der Waals surface area contributed by atoms with Crippen molar-refractivity contribution in [3.8, 4) is 22.9 Å². The van der Waals surface area contributed by atoms with Gasteiger partial charge in [-0.05, 0) is 42.0 Å². The van der Waals surface area contributed by atoms with Crippen molar-refractivity contribution in [1.29, 1.82) is 0 Å². The van der Waals surface area contributed by atoms with E-state index in [1.165, 1.54) is 12.1 Å². The predicted molar refractivity (Wildman–Crippen MR) is 129 cm³/mol. The van der Waals surface area contributed by atoms with Crippen LogP contribution in [0.25, 0.3) is 11.4 Å². The number of ether oxygens (including phenoxy) is 2. The lowest BCUT2D eigenvalue weighted by molar-refractivity contribution is -0.153. The lowest BCUT2D eigenvalue weighted by Crippen LogP contribution is -2.36. The quantitative estimate of drug-likeness (QED) is 0.214. The highest BCUT2D eigenvalue weighted by atomic mass is 127. The molecular formula is C21H24F3IN6O2. The minimum absolute atomic E-state index is 0. The molecule has 0 saturated heterocycles. The van der Waals surface area contributed by atoms with Crippen LogP contribution in [0.5, 0.6) is 11.5 Å². The van der Waals surface area contributed by atoms with E-state index in [1.54, 1.807) is 26.3 Å². The van der Waals surface area contributed by atoms with Crippen LogP contribution in [-0.2, 0) is 13.1 Å². The molecule has 0 amide bonds. The van der Waals surface area contributed by atoms with E-state index in [0.717, 1.165) is 16.9 Å². The van der Waals surface area contributed by atoms with Gasteiger partial charge in [0.15, 0.2) is 18.4 Å². The van der Waals surface area contributed by atoms with Crippen LogP contribution >= 0.6 is 24.0 Å². The van der Waals surface area contributed by atoms with Gasteiger partial charge in [0.25, 0.3) is 0 Å². The Morgan fingerprint density at radius 2 is 1.64 bits per heavy atom. The average Bonchev–Trinajstić information content (AvgIpc) is 3.27. The Balaban J connectivity index is 0.00000385. The third kappa shape index (κ3) is 8.44. The van der Waals surface area contributed by atoms with Gasteiger partial charge in [-0.3, -0.25) is 10.1 Å². The zero-order chi connectivity index (χ0) is 23.0. The first kappa shape index (κ1) is 26.2. The van der Waals surface area contributed by atoms with Gasteiger partial charge >= 0.3 is 6.18 Å². The molecule has 1 heterocycles. The van der Waals surface area contributed by atoms with E-state index in [-0.39, 0.29) is 29.7 Å². The van der Waals surface area contributed by atoms with Crippen LogP contribution in [-0.4, -0.2) is 48.1 Å². The lowest BCUT2D eigenvalue weighted by Gasteiger charge is -2.12. The number of rotatable bonds is 8. The Hall–Kier alpha value is -3.03. The number of aromatic nitrogens is 3. The molecular weight excluding hydrogens is 552 g/mol. The summed E-state index contributed by atoms with van der Waals surface area (Å²) in [5.74, 6) is 2.64. The number of alkyl halides is 3. The number of benzene rings is 2. The highest BCUT2D eigenvalue weighted by molar-refractivity contribution is 14.0. The fourth-order valence-electron chi connectivity index (χ4n) is 2.69. The van der Waals surface area contributed by atoms with Gasteiger partial charge in [-0.2, -0.15) is 18.3 Å². The molecule has 0 saturated carbocycles. The van der Waals surface area contributed by atoms with Crippen LogP contribution in [0.4, 0.5) is 13.2 Å². The van der Waals surface area contributed by atoms with E-state index in [2.05, 4.69) is 30.8 Å². The molecule has 0 fully saturated rings. The summed E-state index contributed by atoms with van der Waals surface area (Å²) >= 11 is 0. The molecule has 1 aromatic heterocycles. The minimum atomic E-state index is -4.36. The Morgan fingerprint density at radius 3 is 2.24 bits per heavy atom. The Bertz CT molecular complexity index is 1020. The molecule has 0 spiro atoms. The van der Waals surface area contributed by atoms with Gasteiger partial charge in [0.1, 0.15) is 17.3 Å². The van der Waals surface area contributed by atoms with Crippen LogP contribution in [0, 0.1) is 0 Å². The highest BCUT2D eigenvalue weighted by Gasteiger charge is 2.28. The zero-order valence-electron chi connectivity index (χ0n) is 17.9. The Morgan fingerprint density at radius 1 is 1.00 bits per heavy atom. The second kappa shape index (κ2) is 12.3. The number of halogens is 4. The average molecular weight is 576 g/mol. The second-order valence-electron chi connectivity index (χ2n) is 6.66. The van der Waals surface area contributed by atoms with Crippen molar-refractivity contribution in [3.05, 3.63) is 59.9 Å². The fraction of sp³-hybridized carbons (Fsp3) is 0.286. The summed E-state index contributed by atoms with van der Waals surface area (Å²) < 4.78 is 46.5. The van der Waals surface area contributed by atoms with Gasteiger partial charge in [0.05, 0.1) is 13.7 Å². The molecule has 33 heavy (non-hydrogen) atoms. The number of hydrogen-bond donors (Lipinski definition) is 3. The molecule has 0 aliphatic rings.